The van der Waals surface area contributed by atoms with Crippen molar-refractivity contribution in [3.8, 4) is 5.75 Å². The first-order valence-corrected chi connectivity index (χ1v) is 5.04. The lowest BCUT2D eigenvalue weighted by Crippen LogP contribution is -2.16. The Labute approximate surface area is 108 Å². The number of alkyl halides is 6. The van der Waals surface area contributed by atoms with Crippen molar-refractivity contribution < 1.29 is 41.0 Å². The minimum absolute atomic E-state index is 0.132. The summed E-state index contributed by atoms with van der Waals surface area (Å²) in [5.74, 6) is -2.39. The molecule has 0 bridgehead atoms. The highest BCUT2D eigenvalue weighted by Gasteiger charge is 2.40. The largest absolute Gasteiger partial charge is 0.508 e. The molecule has 0 atom stereocenters. The summed E-state index contributed by atoms with van der Waals surface area (Å²) >= 11 is 0. The molecular formula is C11H8F6O3. The Bertz CT molecular complexity index is 518. The van der Waals surface area contributed by atoms with E-state index >= 15 is 0 Å². The smallest absolute Gasteiger partial charge is 0.416 e. The van der Waals surface area contributed by atoms with Gasteiger partial charge in [0.15, 0.2) is 0 Å². The van der Waals surface area contributed by atoms with E-state index in [1.165, 1.54) is 0 Å². The van der Waals surface area contributed by atoms with Crippen molar-refractivity contribution in [2.75, 3.05) is 7.11 Å². The molecule has 9 heteroatoms. The molecule has 0 aliphatic heterocycles. The van der Waals surface area contributed by atoms with Crippen molar-refractivity contribution in [2.45, 2.75) is 18.8 Å². The summed E-state index contributed by atoms with van der Waals surface area (Å²) in [5, 5.41) is 9.34. The molecule has 0 saturated carbocycles. The Morgan fingerprint density at radius 1 is 1.15 bits per heavy atom. The monoisotopic (exact) mass is 302 g/mol. The number of ether oxygens (including phenoxy) is 1. The number of phenols is 1. The van der Waals surface area contributed by atoms with Gasteiger partial charge < -0.3 is 9.84 Å². The van der Waals surface area contributed by atoms with E-state index in [0.717, 1.165) is 7.11 Å². The van der Waals surface area contributed by atoms with E-state index in [0.29, 0.717) is 0 Å². The summed E-state index contributed by atoms with van der Waals surface area (Å²) < 4.78 is 79.6. The molecule has 0 radical (unpaired) electrons. The van der Waals surface area contributed by atoms with Crippen molar-refractivity contribution in [3.05, 3.63) is 28.8 Å². The molecule has 3 nitrogen and oxygen atoms in total. The van der Waals surface area contributed by atoms with Crippen LogP contribution in [0.2, 0.25) is 0 Å². The van der Waals surface area contributed by atoms with Crippen LogP contribution in [0.25, 0.3) is 0 Å². The van der Waals surface area contributed by atoms with Crippen molar-refractivity contribution in [2.24, 2.45) is 0 Å². The number of halogens is 6. The van der Waals surface area contributed by atoms with Crippen LogP contribution < -0.4 is 0 Å². The number of esters is 1. The zero-order chi connectivity index (χ0) is 15.7. The Kier molecular flexibility index (Phi) is 4.21. The van der Waals surface area contributed by atoms with E-state index in [9.17, 15) is 36.2 Å². The first-order chi connectivity index (χ1) is 8.96. The van der Waals surface area contributed by atoms with Gasteiger partial charge in [0, 0.05) is 5.56 Å². The third-order valence-electron chi connectivity index (χ3n) is 2.41. The predicted octanol–water partition coefficient (Wildman–Crippen LogP) is 3.15. The number of hydrogen-bond acceptors (Lipinski definition) is 3. The standard InChI is InChI=1S/C11H8F6O3/c1-20-9(19)4-6-7(11(15,16)17)2-5(3-8(6)18)10(12,13)14/h2-3,18H,4H2,1H3. The summed E-state index contributed by atoms with van der Waals surface area (Å²) in [7, 11) is 0.900. The van der Waals surface area contributed by atoms with Crippen LogP contribution >= 0.6 is 0 Å². The highest BCUT2D eigenvalue weighted by atomic mass is 19.4. The van der Waals surface area contributed by atoms with Gasteiger partial charge in [0.1, 0.15) is 5.75 Å². The second-order valence-electron chi connectivity index (χ2n) is 3.77. The fourth-order valence-electron chi connectivity index (χ4n) is 1.48. The van der Waals surface area contributed by atoms with Gasteiger partial charge in [-0.3, -0.25) is 4.79 Å². The van der Waals surface area contributed by atoms with Gasteiger partial charge in [-0.15, -0.1) is 0 Å². The lowest BCUT2D eigenvalue weighted by Gasteiger charge is -2.17. The molecule has 0 aliphatic rings. The summed E-state index contributed by atoms with van der Waals surface area (Å²) in [6.07, 6.45) is -11.2. The molecule has 1 N–H and O–H groups in total. The fraction of sp³-hybridized carbons (Fsp3) is 0.364. The van der Waals surface area contributed by atoms with E-state index in [2.05, 4.69) is 4.74 Å². The van der Waals surface area contributed by atoms with Crippen molar-refractivity contribution >= 4 is 5.97 Å². The minimum Gasteiger partial charge on any atom is -0.508 e. The lowest BCUT2D eigenvalue weighted by atomic mass is 9.99. The van der Waals surface area contributed by atoms with Crippen LogP contribution in [-0.4, -0.2) is 18.2 Å². The number of benzene rings is 1. The summed E-state index contributed by atoms with van der Waals surface area (Å²) in [6.45, 7) is 0. The molecule has 112 valence electrons. The van der Waals surface area contributed by atoms with Gasteiger partial charge in [-0.25, -0.2) is 0 Å². The summed E-state index contributed by atoms with van der Waals surface area (Å²) in [5.41, 5.74) is -4.34. The zero-order valence-corrected chi connectivity index (χ0v) is 9.89. The first kappa shape index (κ1) is 16.1. The molecule has 20 heavy (non-hydrogen) atoms. The van der Waals surface area contributed by atoms with Crippen LogP contribution in [0, 0.1) is 0 Å². The van der Waals surface area contributed by atoms with E-state index in [1.54, 1.807) is 0 Å². The van der Waals surface area contributed by atoms with Crippen molar-refractivity contribution in [1.29, 1.82) is 0 Å². The van der Waals surface area contributed by atoms with Gasteiger partial charge >= 0.3 is 18.3 Å². The Morgan fingerprint density at radius 2 is 1.70 bits per heavy atom. The number of carbonyl (C=O) groups excluding carboxylic acids is 1. The number of carbonyl (C=O) groups is 1. The Hall–Kier alpha value is -1.93. The van der Waals surface area contributed by atoms with Crippen LogP contribution in [0.1, 0.15) is 16.7 Å². The highest BCUT2D eigenvalue weighted by Crippen LogP contribution is 2.41. The van der Waals surface area contributed by atoms with E-state index in [-0.39, 0.29) is 12.1 Å². The molecule has 0 heterocycles. The van der Waals surface area contributed by atoms with Gasteiger partial charge in [0.05, 0.1) is 24.7 Å². The molecule has 1 aromatic carbocycles. The molecule has 1 rings (SSSR count). The molecule has 0 fully saturated rings. The van der Waals surface area contributed by atoms with E-state index in [4.69, 9.17) is 0 Å². The van der Waals surface area contributed by atoms with Crippen LogP contribution in [0.4, 0.5) is 26.3 Å². The maximum Gasteiger partial charge on any atom is 0.416 e. The van der Waals surface area contributed by atoms with Crippen LogP contribution in [-0.2, 0) is 28.3 Å². The molecule has 0 unspecified atom stereocenters. The van der Waals surface area contributed by atoms with Crippen LogP contribution in [0.3, 0.4) is 0 Å². The second-order valence-corrected chi connectivity index (χ2v) is 3.77. The van der Waals surface area contributed by atoms with Crippen LogP contribution in [0.5, 0.6) is 5.75 Å². The highest BCUT2D eigenvalue weighted by molar-refractivity contribution is 5.74. The minimum atomic E-state index is -5.15. The SMILES string of the molecule is COC(=O)Cc1c(O)cc(C(F)(F)F)cc1C(F)(F)F. The third kappa shape index (κ3) is 3.55. The predicted molar refractivity (Wildman–Crippen MR) is 53.8 cm³/mol. The zero-order valence-electron chi connectivity index (χ0n) is 9.89. The molecule has 0 amide bonds. The molecular weight excluding hydrogens is 294 g/mol. The Balaban J connectivity index is 3.47. The van der Waals surface area contributed by atoms with Crippen molar-refractivity contribution in [3.63, 3.8) is 0 Å². The molecule has 0 aliphatic carbocycles. The summed E-state index contributed by atoms with van der Waals surface area (Å²) in [4.78, 5) is 11.0. The van der Waals surface area contributed by atoms with Gasteiger partial charge in [0.25, 0.3) is 0 Å². The number of hydrogen-bond donors (Lipinski definition) is 1. The average molecular weight is 302 g/mol. The van der Waals surface area contributed by atoms with Gasteiger partial charge in [-0.1, -0.05) is 0 Å². The molecule has 0 saturated heterocycles. The van der Waals surface area contributed by atoms with Gasteiger partial charge in [-0.2, -0.15) is 26.3 Å². The number of rotatable bonds is 2. The molecule has 0 aromatic heterocycles. The maximum atomic E-state index is 12.7. The lowest BCUT2D eigenvalue weighted by molar-refractivity contribution is -0.144. The van der Waals surface area contributed by atoms with Gasteiger partial charge in [-0.05, 0) is 12.1 Å². The Morgan fingerprint density at radius 3 is 2.10 bits per heavy atom. The molecule has 0 spiro atoms. The number of methoxy groups -OCH3 is 1. The fourth-order valence-corrected chi connectivity index (χ4v) is 1.48. The topological polar surface area (TPSA) is 46.5 Å². The van der Waals surface area contributed by atoms with Crippen LogP contribution in [0.15, 0.2) is 12.1 Å². The second kappa shape index (κ2) is 5.22. The van der Waals surface area contributed by atoms with Gasteiger partial charge in [0.2, 0.25) is 0 Å². The average Bonchev–Trinajstić information content (AvgIpc) is 2.28. The number of aromatic hydroxyl groups is 1. The quantitative estimate of drug-likeness (QED) is 0.674. The first-order valence-electron chi connectivity index (χ1n) is 5.04. The third-order valence-corrected chi connectivity index (χ3v) is 2.41. The van der Waals surface area contributed by atoms with E-state index < -0.39 is 47.2 Å². The molecule has 1 aromatic rings. The normalized spacial score (nSPS) is 12.3. The number of phenolic OH excluding ortho intramolecular Hbond substituents is 1. The van der Waals surface area contributed by atoms with Crippen molar-refractivity contribution in [1.82, 2.24) is 0 Å². The summed E-state index contributed by atoms with van der Waals surface area (Å²) in [6, 6.07) is -0.0223. The van der Waals surface area contributed by atoms with E-state index in [1.807, 2.05) is 0 Å². The maximum absolute atomic E-state index is 12.7.